The van der Waals surface area contributed by atoms with Gasteiger partial charge in [-0.1, -0.05) is 32.1 Å². The number of carbonyl (C=O) groups is 3. The van der Waals surface area contributed by atoms with Gasteiger partial charge in [-0.15, -0.1) is 0 Å². The van der Waals surface area contributed by atoms with E-state index in [0.29, 0.717) is 12.0 Å². The van der Waals surface area contributed by atoms with Crippen LogP contribution in [0.2, 0.25) is 0 Å². The first-order valence-electron chi connectivity index (χ1n) is 11.9. The number of nitrogens with one attached hydrogen (secondary N) is 2. The summed E-state index contributed by atoms with van der Waals surface area (Å²) < 4.78 is 14.3. The second-order valence-electron chi connectivity index (χ2n) is 9.29. The van der Waals surface area contributed by atoms with E-state index in [0.717, 1.165) is 17.7 Å². The van der Waals surface area contributed by atoms with E-state index in [2.05, 4.69) is 15.7 Å². The van der Waals surface area contributed by atoms with Crippen LogP contribution < -0.4 is 10.6 Å². The minimum Gasteiger partial charge on any atom is -0.481 e. The summed E-state index contributed by atoms with van der Waals surface area (Å²) in [6.45, 7) is 6.52. The van der Waals surface area contributed by atoms with Crippen molar-refractivity contribution in [3.05, 3.63) is 72.1 Å². The average molecular weight is 499 g/mol. The van der Waals surface area contributed by atoms with Crippen LogP contribution in [0.5, 0.6) is 0 Å². The lowest BCUT2D eigenvalue weighted by Gasteiger charge is -2.30. The van der Waals surface area contributed by atoms with Crippen molar-refractivity contribution in [2.75, 3.05) is 6.67 Å². The maximum Gasteiger partial charge on any atom is 0.306 e. The molecule has 1 aromatic heterocycles. The van der Waals surface area contributed by atoms with E-state index in [1.54, 1.807) is 53.5 Å². The predicted molar refractivity (Wildman–Crippen MR) is 137 cm³/mol. The van der Waals surface area contributed by atoms with E-state index in [-0.39, 0.29) is 6.42 Å². The van der Waals surface area contributed by atoms with Gasteiger partial charge in [0.1, 0.15) is 12.7 Å². The number of rotatable bonds is 13. The number of hydrogen-bond donors (Lipinski definition) is 3. The van der Waals surface area contributed by atoms with Crippen LogP contribution in [0, 0.1) is 5.92 Å². The number of carbonyl (C=O) groups excluding carboxylic acids is 2. The summed E-state index contributed by atoms with van der Waals surface area (Å²) in [5.41, 5.74) is 1.25. The van der Waals surface area contributed by atoms with Gasteiger partial charge in [0, 0.05) is 23.5 Å². The first-order chi connectivity index (χ1) is 17.1. The lowest BCUT2D eigenvalue weighted by Crippen LogP contribution is -2.54. The van der Waals surface area contributed by atoms with Crippen LogP contribution in [0.25, 0.3) is 5.69 Å². The topological polar surface area (TPSA) is 113 Å². The number of amides is 2. The minimum atomic E-state index is -1.06. The summed E-state index contributed by atoms with van der Waals surface area (Å²) in [4.78, 5) is 37.6. The smallest absolute Gasteiger partial charge is 0.306 e. The molecule has 0 aliphatic heterocycles. The number of carboxylic acid groups (broad SMARTS) is 1. The molecule has 1 heterocycles. The Morgan fingerprint density at radius 1 is 1.22 bits per heavy atom. The molecule has 1 unspecified atom stereocenters. The molecule has 0 bridgehead atoms. The Bertz CT molecular complexity index is 1080. The molecule has 2 rings (SSSR count). The standard InChI is InChI=1S/C27H35FN4O4/c1-5-8-20(9-6-14-28)18-27(3,4)31-25(34)23(17-19(2)26(35)36)30-24(33)21-10-12-22(13-11-21)32-16-7-15-29-32/h6-13,15-16,19,23H,5,14,17-18H2,1-4H3,(H,30,33)(H,31,34)(H,35,36)/b9-6-,20-8+/t19?,23-/m0/s1. The molecule has 2 atom stereocenters. The van der Waals surface area contributed by atoms with Crippen molar-refractivity contribution >= 4 is 17.8 Å². The first kappa shape index (κ1) is 28.5. The second-order valence-corrected chi connectivity index (χ2v) is 9.29. The van der Waals surface area contributed by atoms with Crippen molar-refractivity contribution in [3.63, 3.8) is 0 Å². The Morgan fingerprint density at radius 2 is 1.92 bits per heavy atom. The molecule has 8 nitrogen and oxygen atoms in total. The van der Waals surface area contributed by atoms with Crippen LogP contribution in [0.4, 0.5) is 4.39 Å². The van der Waals surface area contributed by atoms with Crippen molar-refractivity contribution in [1.82, 2.24) is 20.4 Å². The zero-order chi connectivity index (χ0) is 26.7. The normalized spacial score (nSPS) is 13.9. The van der Waals surface area contributed by atoms with Crippen molar-refractivity contribution in [3.8, 4) is 5.69 Å². The maximum atomic E-state index is 13.2. The lowest BCUT2D eigenvalue weighted by molar-refractivity contribution is -0.141. The van der Waals surface area contributed by atoms with Crippen LogP contribution in [-0.4, -0.2) is 50.9 Å². The van der Waals surface area contributed by atoms with Gasteiger partial charge in [0.05, 0.1) is 11.6 Å². The molecule has 3 N–H and O–H groups in total. The molecule has 2 aromatic rings. The van der Waals surface area contributed by atoms with Crippen molar-refractivity contribution in [1.29, 1.82) is 0 Å². The highest BCUT2D eigenvalue weighted by Crippen LogP contribution is 2.19. The number of alkyl halides is 1. The molecular formula is C27H35FN4O4. The number of allylic oxidation sites excluding steroid dienone is 3. The Labute approximate surface area is 211 Å². The fourth-order valence-electron chi connectivity index (χ4n) is 3.75. The summed E-state index contributed by atoms with van der Waals surface area (Å²) in [6.07, 6.45) is 9.60. The predicted octanol–water partition coefficient (Wildman–Crippen LogP) is 4.23. The monoisotopic (exact) mass is 498 g/mol. The largest absolute Gasteiger partial charge is 0.481 e. The van der Waals surface area contributed by atoms with Crippen LogP contribution in [0.3, 0.4) is 0 Å². The van der Waals surface area contributed by atoms with E-state index in [1.165, 1.54) is 13.0 Å². The zero-order valence-electron chi connectivity index (χ0n) is 21.2. The Balaban J connectivity index is 2.17. The van der Waals surface area contributed by atoms with Gasteiger partial charge in [-0.25, -0.2) is 9.07 Å². The van der Waals surface area contributed by atoms with Crippen LogP contribution in [0.15, 0.2) is 66.5 Å². The van der Waals surface area contributed by atoms with Gasteiger partial charge in [0.25, 0.3) is 5.91 Å². The quantitative estimate of drug-likeness (QED) is 0.358. The molecule has 0 saturated carbocycles. The molecule has 0 fully saturated rings. The number of benzene rings is 1. The zero-order valence-corrected chi connectivity index (χ0v) is 21.2. The molecule has 1 aromatic carbocycles. The van der Waals surface area contributed by atoms with Crippen LogP contribution in [0.1, 0.15) is 57.3 Å². The molecule has 9 heteroatoms. The van der Waals surface area contributed by atoms with E-state index < -0.39 is 42.0 Å². The van der Waals surface area contributed by atoms with Crippen molar-refractivity contribution in [2.45, 2.75) is 58.5 Å². The summed E-state index contributed by atoms with van der Waals surface area (Å²) in [5, 5.41) is 19.1. The number of nitrogens with zero attached hydrogens (tertiary/aromatic N) is 2. The average Bonchev–Trinajstić information content (AvgIpc) is 3.36. The van der Waals surface area contributed by atoms with Crippen molar-refractivity contribution in [2.24, 2.45) is 5.92 Å². The third kappa shape index (κ3) is 8.79. The Morgan fingerprint density at radius 3 is 2.47 bits per heavy atom. The Hall–Kier alpha value is -3.75. The highest BCUT2D eigenvalue weighted by molar-refractivity contribution is 5.98. The fourth-order valence-corrected chi connectivity index (χ4v) is 3.75. The van der Waals surface area contributed by atoms with Gasteiger partial charge in [-0.05, 0) is 69.0 Å². The third-order valence-corrected chi connectivity index (χ3v) is 5.53. The van der Waals surface area contributed by atoms with Gasteiger partial charge in [0.15, 0.2) is 0 Å². The van der Waals surface area contributed by atoms with Crippen LogP contribution in [-0.2, 0) is 9.59 Å². The summed E-state index contributed by atoms with van der Waals surface area (Å²) in [5.74, 6) is -2.89. The summed E-state index contributed by atoms with van der Waals surface area (Å²) in [7, 11) is 0. The molecule has 0 spiro atoms. The number of carboxylic acids is 1. The van der Waals surface area contributed by atoms with Gasteiger partial charge in [-0.2, -0.15) is 5.10 Å². The molecular weight excluding hydrogens is 463 g/mol. The molecule has 2 amide bonds. The lowest BCUT2D eigenvalue weighted by atomic mass is 9.92. The number of aromatic nitrogens is 2. The summed E-state index contributed by atoms with van der Waals surface area (Å²) in [6, 6.07) is 7.41. The summed E-state index contributed by atoms with van der Waals surface area (Å²) >= 11 is 0. The Kier molecular flexibility index (Phi) is 10.6. The van der Waals surface area contributed by atoms with E-state index in [4.69, 9.17) is 0 Å². The highest BCUT2D eigenvalue weighted by Gasteiger charge is 2.30. The van der Waals surface area contributed by atoms with Gasteiger partial charge in [-0.3, -0.25) is 14.4 Å². The number of halogens is 1. The second kappa shape index (κ2) is 13.4. The fraction of sp³-hybridized carbons (Fsp3) is 0.407. The molecule has 194 valence electrons. The number of aliphatic carboxylic acids is 1. The van der Waals surface area contributed by atoms with Gasteiger partial charge >= 0.3 is 5.97 Å². The maximum absolute atomic E-state index is 13.2. The number of hydrogen-bond acceptors (Lipinski definition) is 4. The van der Waals surface area contributed by atoms with Crippen LogP contribution >= 0.6 is 0 Å². The molecule has 0 radical (unpaired) electrons. The van der Waals surface area contributed by atoms with Crippen molar-refractivity contribution < 1.29 is 23.9 Å². The SMILES string of the molecule is CC/C=C(\C=C/CF)CC(C)(C)NC(=O)[C@H](CC(C)C(=O)O)NC(=O)c1ccc(-n2cccn2)cc1. The molecule has 0 aliphatic carbocycles. The minimum absolute atomic E-state index is 0.0756. The van der Waals surface area contributed by atoms with E-state index >= 15 is 0 Å². The molecule has 0 saturated heterocycles. The van der Waals surface area contributed by atoms with Gasteiger partial charge < -0.3 is 15.7 Å². The molecule has 0 aliphatic rings. The first-order valence-corrected chi connectivity index (χ1v) is 11.9. The molecule has 36 heavy (non-hydrogen) atoms. The van der Waals surface area contributed by atoms with E-state index in [9.17, 15) is 23.9 Å². The highest BCUT2D eigenvalue weighted by atomic mass is 19.1. The third-order valence-electron chi connectivity index (χ3n) is 5.53. The van der Waals surface area contributed by atoms with Gasteiger partial charge in [0.2, 0.25) is 5.91 Å². The van der Waals surface area contributed by atoms with E-state index in [1.807, 2.05) is 26.8 Å².